The van der Waals surface area contributed by atoms with Crippen LogP contribution in [0.2, 0.25) is 0 Å². The first-order valence-electron chi connectivity index (χ1n) is 8.84. The molecule has 138 valence electrons. The van der Waals surface area contributed by atoms with Crippen LogP contribution in [0.5, 0.6) is 0 Å². The van der Waals surface area contributed by atoms with Gasteiger partial charge in [-0.15, -0.1) is 0 Å². The summed E-state index contributed by atoms with van der Waals surface area (Å²) in [6.45, 7) is 5.75. The predicted octanol–water partition coefficient (Wildman–Crippen LogP) is 0.433. The lowest BCUT2D eigenvalue weighted by atomic mass is 10.3. The Bertz CT molecular complexity index is 768. The Morgan fingerprint density at radius 2 is 2.04 bits per heavy atom. The summed E-state index contributed by atoms with van der Waals surface area (Å²) in [5.74, 6) is 0.0453. The van der Waals surface area contributed by atoms with Crippen LogP contribution in [0.15, 0.2) is 36.3 Å². The number of aromatic nitrogens is 1. The van der Waals surface area contributed by atoms with Crippen molar-refractivity contribution < 1.29 is 23.9 Å². The van der Waals surface area contributed by atoms with Crippen LogP contribution in [0.1, 0.15) is 0 Å². The zero-order chi connectivity index (χ0) is 17.8. The minimum atomic E-state index is -0.198. The van der Waals surface area contributed by atoms with Gasteiger partial charge in [-0.25, -0.2) is 4.98 Å². The van der Waals surface area contributed by atoms with Gasteiger partial charge in [0, 0.05) is 0 Å². The van der Waals surface area contributed by atoms with E-state index < -0.39 is 0 Å². The van der Waals surface area contributed by atoms with Gasteiger partial charge in [0.1, 0.15) is 32.6 Å². The number of thiazole rings is 1. The molecular weight excluding hydrogens is 354 g/mol. The van der Waals surface area contributed by atoms with Crippen molar-refractivity contribution in [1.29, 1.82) is 0 Å². The lowest BCUT2D eigenvalue weighted by molar-refractivity contribution is -0.906. The first-order chi connectivity index (χ1) is 12.8. The largest absolute Gasteiger partial charge is 0.494 e. The number of nitrogens with zero attached hydrogens (tertiary/aromatic N) is 2. The maximum absolute atomic E-state index is 13.0. The summed E-state index contributed by atoms with van der Waals surface area (Å²) in [7, 11) is 0. The molecule has 26 heavy (non-hydrogen) atoms. The van der Waals surface area contributed by atoms with Crippen LogP contribution in [0.4, 0.5) is 5.13 Å². The second kappa shape index (κ2) is 8.03. The number of nitrogens with one attached hydrogen (secondary N) is 1. The molecule has 7 nitrogen and oxygen atoms in total. The van der Waals surface area contributed by atoms with E-state index in [0.29, 0.717) is 24.9 Å². The molecule has 0 saturated carbocycles. The highest BCUT2D eigenvalue weighted by molar-refractivity contribution is 7.22. The summed E-state index contributed by atoms with van der Waals surface area (Å²) in [6.07, 6.45) is 1.41. The molecule has 1 saturated heterocycles. The maximum Gasteiger partial charge on any atom is 0.298 e. The van der Waals surface area contributed by atoms with E-state index in [1.807, 2.05) is 24.3 Å². The molecule has 0 bridgehead atoms. The first-order valence-corrected chi connectivity index (χ1v) is 9.66. The lowest BCUT2D eigenvalue weighted by Gasteiger charge is -2.27. The second-order valence-corrected chi connectivity index (χ2v) is 7.24. The highest BCUT2D eigenvalue weighted by atomic mass is 32.1. The number of morpholine rings is 1. The van der Waals surface area contributed by atoms with Crippen molar-refractivity contribution in [2.24, 2.45) is 0 Å². The Morgan fingerprint density at radius 1 is 1.19 bits per heavy atom. The van der Waals surface area contributed by atoms with Crippen molar-refractivity contribution in [3.63, 3.8) is 0 Å². The summed E-state index contributed by atoms with van der Waals surface area (Å²) < 4.78 is 17.3. The number of carbonyl (C=O) groups is 1. The van der Waals surface area contributed by atoms with Gasteiger partial charge in [0.25, 0.3) is 5.91 Å². The quantitative estimate of drug-likeness (QED) is 0.820. The summed E-state index contributed by atoms with van der Waals surface area (Å²) in [5, 5.41) is 0.693. The minimum Gasteiger partial charge on any atom is -0.494 e. The molecule has 1 amide bonds. The average molecular weight is 376 g/mol. The van der Waals surface area contributed by atoms with Crippen molar-refractivity contribution >= 4 is 32.6 Å². The molecule has 2 aliphatic rings. The highest BCUT2D eigenvalue weighted by Gasteiger charge is 2.27. The lowest BCUT2D eigenvalue weighted by Crippen LogP contribution is -3.14. The Hall–Kier alpha value is -2.16. The van der Waals surface area contributed by atoms with Gasteiger partial charge in [-0.05, 0) is 12.1 Å². The molecule has 1 aromatic heterocycles. The summed E-state index contributed by atoms with van der Waals surface area (Å²) in [6, 6.07) is 7.92. The molecule has 0 atom stereocenters. The number of amides is 1. The molecule has 1 N–H and O–H groups in total. The average Bonchev–Trinajstić information content (AvgIpc) is 3.13. The molecule has 1 aromatic carbocycles. The van der Waals surface area contributed by atoms with Gasteiger partial charge in [-0.1, -0.05) is 23.5 Å². The van der Waals surface area contributed by atoms with Crippen molar-refractivity contribution in [3.05, 3.63) is 36.3 Å². The smallest absolute Gasteiger partial charge is 0.298 e. The third-order valence-electron chi connectivity index (χ3n) is 4.51. The Morgan fingerprint density at radius 3 is 2.81 bits per heavy atom. The van der Waals surface area contributed by atoms with Crippen LogP contribution in [-0.2, 0) is 19.0 Å². The summed E-state index contributed by atoms with van der Waals surface area (Å²) in [4.78, 5) is 20.8. The molecule has 0 spiro atoms. The molecule has 2 aromatic rings. The van der Waals surface area contributed by atoms with Crippen molar-refractivity contribution in [2.45, 2.75) is 0 Å². The third-order valence-corrected chi connectivity index (χ3v) is 5.57. The van der Waals surface area contributed by atoms with Crippen LogP contribution in [0.3, 0.4) is 0 Å². The fourth-order valence-electron chi connectivity index (χ4n) is 3.05. The van der Waals surface area contributed by atoms with Crippen LogP contribution in [0.25, 0.3) is 10.2 Å². The van der Waals surface area contributed by atoms with Gasteiger partial charge in [-0.2, -0.15) is 0 Å². The zero-order valence-corrected chi connectivity index (χ0v) is 15.3. The Labute approximate surface area is 155 Å². The number of rotatable bonds is 5. The number of carbonyl (C=O) groups excluding carboxylic acids is 1. The van der Waals surface area contributed by atoms with E-state index in [1.165, 1.54) is 22.5 Å². The topological polar surface area (TPSA) is 65.3 Å². The number of quaternary nitrogens is 1. The molecule has 0 unspecified atom stereocenters. The van der Waals surface area contributed by atoms with Crippen LogP contribution in [-0.4, -0.2) is 63.5 Å². The van der Waals surface area contributed by atoms with E-state index in [2.05, 4.69) is 4.98 Å². The van der Waals surface area contributed by atoms with E-state index in [9.17, 15) is 4.79 Å². The standard InChI is InChI=1S/C18H21N3O4S/c22-17(15-13-24-11-12-25-15)21(6-5-20-7-9-23-10-8-20)18-19-14-3-1-2-4-16(14)26-18/h1-4,13H,5-12H2/p+1. The number of fused-ring (bicyclic) bond motifs is 1. The number of ether oxygens (including phenoxy) is 3. The molecule has 2 aliphatic heterocycles. The SMILES string of the molecule is O=C(C1=COCCO1)N(CC[NH+]1CCOCC1)c1nc2ccccc2s1. The fourth-order valence-corrected chi connectivity index (χ4v) is 4.04. The molecule has 0 radical (unpaired) electrons. The van der Waals surface area contributed by atoms with Crippen LogP contribution < -0.4 is 9.80 Å². The molecule has 8 heteroatoms. The molecule has 3 heterocycles. The van der Waals surface area contributed by atoms with E-state index in [1.54, 1.807) is 4.90 Å². The summed E-state index contributed by atoms with van der Waals surface area (Å²) >= 11 is 1.52. The van der Waals surface area contributed by atoms with Gasteiger partial charge >= 0.3 is 0 Å². The van der Waals surface area contributed by atoms with Gasteiger partial charge < -0.3 is 19.1 Å². The molecular formula is C18H22N3O4S+. The first kappa shape index (κ1) is 17.3. The second-order valence-electron chi connectivity index (χ2n) is 6.23. The Balaban J connectivity index is 1.57. The maximum atomic E-state index is 13.0. The van der Waals surface area contributed by atoms with E-state index in [-0.39, 0.29) is 11.7 Å². The number of hydrogen-bond acceptors (Lipinski definition) is 6. The molecule has 1 fully saturated rings. The minimum absolute atomic E-state index is 0.198. The van der Waals surface area contributed by atoms with Crippen molar-refractivity contribution in [3.8, 4) is 0 Å². The Kier molecular flexibility index (Phi) is 5.33. The number of anilines is 1. The van der Waals surface area contributed by atoms with Crippen molar-refractivity contribution in [2.75, 3.05) is 57.5 Å². The van der Waals surface area contributed by atoms with Crippen LogP contribution in [0, 0.1) is 0 Å². The van der Waals surface area contributed by atoms with Gasteiger partial charge in [-0.3, -0.25) is 9.69 Å². The normalized spacial score (nSPS) is 18.1. The predicted molar refractivity (Wildman–Crippen MR) is 98.3 cm³/mol. The van der Waals surface area contributed by atoms with E-state index >= 15 is 0 Å². The fraction of sp³-hybridized carbons (Fsp3) is 0.444. The zero-order valence-electron chi connectivity index (χ0n) is 14.5. The number of benzene rings is 1. The van der Waals surface area contributed by atoms with Crippen molar-refractivity contribution in [1.82, 2.24) is 4.98 Å². The van der Waals surface area contributed by atoms with E-state index in [4.69, 9.17) is 14.2 Å². The van der Waals surface area contributed by atoms with Gasteiger partial charge in [0.2, 0.25) is 5.76 Å². The third kappa shape index (κ3) is 3.82. The summed E-state index contributed by atoms with van der Waals surface area (Å²) in [5.41, 5.74) is 0.902. The highest BCUT2D eigenvalue weighted by Crippen LogP contribution is 2.29. The van der Waals surface area contributed by atoms with Gasteiger partial charge in [0.15, 0.2) is 5.13 Å². The molecule has 0 aliphatic carbocycles. The number of para-hydroxylation sites is 1. The van der Waals surface area contributed by atoms with E-state index in [0.717, 1.165) is 43.1 Å². The monoisotopic (exact) mass is 376 g/mol. The number of hydrogen-bond donors (Lipinski definition) is 1. The molecule has 4 rings (SSSR count). The van der Waals surface area contributed by atoms with Gasteiger partial charge in [0.05, 0.1) is 36.5 Å². The van der Waals surface area contributed by atoms with Crippen LogP contribution >= 0.6 is 11.3 Å².